The molecule has 1 N–H and O–H groups in total. The largest absolute Gasteiger partial charge is 0.489 e. The average molecular weight is 318 g/mol. The summed E-state index contributed by atoms with van der Waals surface area (Å²) in [6.45, 7) is 4.52. The lowest BCUT2D eigenvalue weighted by Crippen LogP contribution is -2.13. The molecule has 4 heteroatoms. The second-order valence-electron chi connectivity index (χ2n) is 5.59. The first kappa shape index (κ1) is 16.4. The Kier molecular flexibility index (Phi) is 5.84. The van der Waals surface area contributed by atoms with E-state index in [9.17, 15) is 4.79 Å². The van der Waals surface area contributed by atoms with Crippen molar-refractivity contribution >= 4 is 23.2 Å². The van der Waals surface area contributed by atoms with Crippen LogP contribution < -0.4 is 10.1 Å². The van der Waals surface area contributed by atoms with Crippen molar-refractivity contribution in [3.05, 3.63) is 59.1 Å². The SMILES string of the molecule is CC(C)CC(=O)Nc1ccc(OCc2ccc(Cl)cc2)cc1. The lowest BCUT2D eigenvalue weighted by molar-refractivity contribution is -0.116. The zero-order valence-electron chi connectivity index (χ0n) is 12.8. The molecule has 2 rings (SSSR count). The number of amides is 1. The molecule has 116 valence electrons. The molecule has 1 amide bonds. The Labute approximate surface area is 136 Å². The van der Waals surface area contributed by atoms with Gasteiger partial charge < -0.3 is 10.1 Å². The number of nitrogens with one attached hydrogen (secondary N) is 1. The number of halogens is 1. The Morgan fingerprint density at radius 1 is 1.09 bits per heavy atom. The molecule has 0 atom stereocenters. The third-order valence-electron chi connectivity index (χ3n) is 3.05. The van der Waals surface area contributed by atoms with Gasteiger partial charge in [-0.15, -0.1) is 0 Å². The van der Waals surface area contributed by atoms with E-state index in [0.717, 1.165) is 17.0 Å². The van der Waals surface area contributed by atoms with Gasteiger partial charge in [0.05, 0.1) is 0 Å². The van der Waals surface area contributed by atoms with E-state index in [0.29, 0.717) is 24.0 Å². The number of hydrogen-bond acceptors (Lipinski definition) is 2. The van der Waals surface area contributed by atoms with Gasteiger partial charge in [-0.3, -0.25) is 4.79 Å². The van der Waals surface area contributed by atoms with Crippen molar-refractivity contribution in [1.29, 1.82) is 0 Å². The highest BCUT2D eigenvalue weighted by Gasteiger charge is 2.05. The molecule has 0 saturated carbocycles. The van der Waals surface area contributed by atoms with E-state index in [-0.39, 0.29) is 5.91 Å². The number of carbonyl (C=O) groups is 1. The maximum atomic E-state index is 11.7. The van der Waals surface area contributed by atoms with Crippen LogP contribution in [0.25, 0.3) is 0 Å². The molecule has 0 aliphatic carbocycles. The monoisotopic (exact) mass is 317 g/mol. The molecule has 3 nitrogen and oxygen atoms in total. The fourth-order valence-electron chi connectivity index (χ4n) is 1.96. The Morgan fingerprint density at radius 3 is 2.32 bits per heavy atom. The quantitative estimate of drug-likeness (QED) is 0.822. The van der Waals surface area contributed by atoms with Crippen molar-refractivity contribution in [2.75, 3.05) is 5.32 Å². The maximum Gasteiger partial charge on any atom is 0.224 e. The van der Waals surface area contributed by atoms with Crippen molar-refractivity contribution in [2.45, 2.75) is 26.9 Å². The summed E-state index contributed by atoms with van der Waals surface area (Å²) in [5.74, 6) is 1.14. The van der Waals surface area contributed by atoms with E-state index in [2.05, 4.69) is 5.32 Å². The standard InChI is InChI=1S/C18H20ClNO2/c1-13(2)11-18(21)20-16-7-9-17(10-8-16)22-12-14-3-5-15(19)6-4-14/h3-10,13H,11-12H2,1-2H3,(H,20,21). The highest BCUT2D eigenvalue weighted by Crippen LogP contribution is 2.18. The first-order valence-electron chi connectivity index (χ1n) is 7.30. The van der Waals surface area contributed by atoms with E-state index in [1.165, 1.54) is 0 Å². The third-order valence-corrected chi connectivity index (χ3v) is 3.30. The molecule has 0 aromatic heterocycles. The molecule has 0 spiro atoms. The van der Waals surface area contributed by atoms with Crippen molar-refractivity contribution in [3.63, 3.8) is 0 Å². The summed E-state index contributed by atoms with van der Waals surface area (Å²) in [6, 6.07) is 14.9. The van der Waals surface area contributed by atoms with Crippen LogP contribution in [0.1, 0.15) is 25.8 Å². The molecule has 0 saturated heterocycles. The second-order valence-corrected chi connectivity index (χ2v) is 6.02. The highest BCUT2D eigenvalue weighted by molar-refractivity contribution is 6.30. The molecule has 0 fully saturated rings. The van der Waals surface area contributed by atoms with E-state index < -0.39 is 0 Å². The predicted molar refractivity (Wildman–Crippen MR) is 90.3 cm³/mol. The maximum absolute atomic E-state index is 11.7. The molecule has 2 aromatic carbocycles. The average Bonchev–Trinajstić information content (AvgIpc) is 2.47. The Bertz CT molecular complexity index is 606. The summed E-state index contributed by atoms with van der Waals surface area (Å²) in [6.07, 6.45) is 0.523. The van der Waals surface area contributed by atoms with E-state index >= 15 is 0 Å². The predicted octanol–water partition coefficient (Wildman–Crippen LogP) is 4.90. The van der Waals surface area contributed by atoms with Gasteiger partial charge in [0.25, 0.3) is 0 Å². The van der Waals surface area contributed by atoms with Crippen molar-refractivity contribution in [1.82, 2.24) is 0 Å². The summed E-state index contributed by atoms with van der Waals surface area (Å²) in [7, 11) is 0. The van der Waals surface area contributed by atoms with Crippen molar-refractivity contribution in [3.8, 4) is 5.75 Å². The summed E-state index contributed by atoms with van der Waals surface area (Å²) >= 11 is 5.84. The zero-order chi connectivity index (χ0) is 15.9. The lowest BCUT2D eigenvalue weighted by Gasteiger charge is -2.09. The highest BCUT2D eigenvalue weighted by atomic mass is 35.5. The van der Waals surface area contributed by atoms with Crippen LogP contribution in [0.5, 0.6) is 5.75 Å². The van der Waals surface area contributed by atoms with Gasteiger partial charge in [-0.1, -0.05) is 37.6 Å². The zero-order valence-corrected chi connectivity index (χ0v) is 13.6. The van der Waals surface area contributed by atoms with Crippen molar-refractivity contribution < 1.29 is 9.53 Å². The summed E-state index contributed by atoms with van der Waals surface area (Å²) in [5.41, 5.74) is 1.84. The normalized spacial score (nSPS) is 10.5. The number of benzene rings is 2. The fourth-order valence-corrected chi connectivity index (χ4v) is 2.09. The van der Waals surface area contributed by atoms with Crippen LogP contribution in [0.2, 0.25) is 5.02 Å². The molecular weight excluding hydrogens is 298 g/mol. The van der Waals surface area contributed by atoms with Crippen LogP contribution in [-0.4, -0.2) is 5.91 Å². The number of rotatable bonds is 6. The Hall–Kier alpha value is -2.00. The molecule has 0 heterocycles. The summed E-state index contributed by atoms with van der Waals surface area (Å²) in [4.78, 5) is 11.7. The van der Waals surface area contributed by atoms with Gasteiger partial charge in [0.15, 0.2) is 0 Å². The Morgan fingerprint density at radius 2 is 1.73 bits per heavy atom. The molecule has 0 radical (unpaired) electrons. The first-order valence-corrected chi connectivity index (χ1v) is 7.68. The number of anilines is 1. The molecule has 2 aromatic rings. The second kappa shape index (κ2) is 7.85. The van der Waals surface area contributed by atoms with E-state index in [1.54, 1.807) is 0 Å². The Balaban J connectivity index is 1.86. The van der Waals surface area contributed by atoms with Crippen LogP contribution >= 0.6 is 11.6 Å². The summed E-state index contributed by atoms with van der Waals surface area (Å²) in [5, 5.41) is 3.58. The minimum atomic E-state index is 0.0323. The topological polar surface area (TPSA) is 38.3 Å². The molecule has 0 aliphatic heterocycles. The van der Waals surface area contributed by atoms with Crippen LogP contribution in [-0.2, 0) is 11.4 Å². The van der Waals surface area contributed by atoms with Gasteiger partial charge in [0, 0.05) is 17.1 Å². The van der Waals surface area contributed by atoms with Crippen LogP contribution in [0.3, 0.4) is 0 Å². The number of carbonyl (C=O) groups excluding carboxylic acids is 1. The van der Waals surface area contributed by atoms with E-state index in [4.69, 9.17) is 16.3 Å². The lowest BCUT2D eigenvalue weighted by atomic mass is 10.1. The summed E-state index contributed by atoms with van der Waals surface area (Å²) < 4.78 is 5.70. The smallest absolute Gasteiger partial charge is 0.224 e. The minimum Gasteiger partial charge on any atom is -0.489 e. The van der Waals surface area contributed by atoms with Crippen LogP contribution in [0.4, 0.5) is 5.69 Å². The minimum absolute atomic E-state index is 0.0323. The third kappa shape index (κ3) is 5.41. The van der Waals surface area contributed by atoms with Crippen molar-refractivity contribution in [2.24, 2.45) is 5.92 Å². The van der Waals surface area contributed by atoms with Gasteiger partial charge in [0.2, 0.25) is 5.91 Å². The molecule has 22 heavy (non-hydrogen) atoms. The van der Waals surface area contributed by atoms with E-state index in [1.807, 2.05) is 62.4 Å². The fraction of sp³-hybridized carbons (Fsp3) is 0.278. The molecule has 0 bridgehead atoms. The van der Waals surface area contributed by atoms with Gasteiger partial charge in [-0.2, -0.15) is 0 Å². The first-order chi connectivity index (χ1) is 10.5. The molecule has 0 unspecified atom stereocenters. The van der Waals surface area contributed by atoms with Gasteiger partial charge in [0.1, 0.15) is 12.4 Å². The number of hydrogen-bond donors (Lipinski definition) is 1. The number of ether oxygens (including phenoxy) is 1. The van der Waals surface area contributed by atoms with Gasteiger partial charge in [-0.25, -0.2) is 0 Å². The van der Waals surface area contributed by atoms with Crippen LogP contribution in [0.15, 0.2) is 48.5 Å². The van der Waals surface area contributed by atoms with Gasteiger partial charge >= 0.3 is 0 Å². The van der Waals surface area contributed by atoms with Gasteiger partial charge in [-0.05, 0) is 47.9 Å². The molecular formula is C18H20ClNO2. The van der Waals surface area contributed by atoms with Crippen LogP contribution in [0, 0.1) is 5.92 Å². The molecule has 0 aliphatic rings.